The fourth-order valence-electron chi connectivity index (χ4n) is 2.75. The number of pyridine rings is 1. The third-order valence-corrected chi connectivity index (χ3v) is 4.21. The first-order chi connectivity index (χ1) is 10.6. The molecule has 0 bridgehead atoms. The molecule has 0 spiro atoms. The van der Waals surface area contributed by atoms with Crippen LogP contribution < -0.4 is 0 Å². The summed E-state index contributed by atoms with van der Waals surface area (Å²) >= 11 is 12.5. The standard InChI is InChI=1S/C17H11Cl2N3/c1-10-15-16(13-7-2-3-8-14(13)20-17(15)19)22(21-10)12-6-4-5-11(18)9-12/h2-9H,1H3. The average molecular weight is 328 g/mol. The van der Waals surface area contributed by atoms with Gasteiger partial charge >= 0.3 is 0 Å². The van der Waals surface area contributed by atoms with Crippen molar-refractivity contribution in [1.82, 2.24) is 14.8 Å². The van der Waals surface area contributed by atoms with Gasteiger partial charge in [0.05, 0.1) is 27.8 Å². The normalized spacial score (nSPS) is 11.4. The van der Waals surface area contributed by atoms with E-state index in [0.29, 0.717) is 10.2 Å². The van der Waals surface area contributed by atoms with Gasteiger partial charge in [-0.2, -0.15) is 5.10 Å². The van der Waals surface area contributed by atoms with E-state index < -0.39 is 0 Å². The molecule has 108 valence electrons. The summed E-state index contributed by atoms with van der Waals surface area (Å²) in [6.07, 6.45) is 0. The maximum Gasteiger partial charge on any atom is 0.141 e. The molecule has 2 aromatic carbocycles. The van der Waals surface area contributed by atoms with E-state index >= 15 is 0 Å². The highest BCUT2D eigenvalue weighted by Crippen LogP contribution is 2.33. The van der Waals surface area contributed by atoms with Gasteiger partial charge in [-0.15, -0.1) is 0 Å². The molecule has 4 rings (SSSR count). The fraction of sp³-hybridized carbons (Fsp3) is 0.0588. The number of aromatic nitrogens is 3. The third-order valence-electron chi connectivity index (χ3n) is 3.70. The molecule has 0 amide bonds. The summed E-state index contributed by atoms with van der Waals surface area (Å²) in [6, 6.07) is 15.5. The predicted octanol–water partition coefficient (Wildman–Crippen LogP) is 5.19. The van der Waals surface area contributed by atoms with E-state index in [1.165, 1.54) is 0 Å². The van der Waals surface area contributed by atoms with E-state index in [2.05, 4.69) is 10.1 Å². The number of para-hydroxylation sites is 1. The molecule has 0 N–H and O–H groups in total. The number of aryl methyl sites for hydroxylation is 1. The number of halogens is 2. The third kappa shape index (κ3) is 1.97. The Kier molecular flexibility index (Phi) is 3.06. The molecule has 22 heavy (non-hydrogen) atoms. The first-order valence-electron chi connectivity index (χ1n) is 6.84. The molecular weight excluding hydrogens is 317 g/mol. The smallest absolute Gasteiger partial charge is 0.141 e. The van der Waals surface area contributed by atoms with Crippen molar-refractivity contribution in [3.05, 3.63) is 64.4 Å². The lowest BCUT2D eigenvalue weighted by atomic mass is 10.1. The van der Waals surface area contributed by atoms with E-state index in [-0.39, 0.29) is 0 Å². The average Bonchev–Trinajstić information content (AvgIpc) is 2.86. The SMILES string of the molecule is Cc1nn(-c2cccc(Cl)c2)c2c1c(Cl)nc1ccccc12. The number of fused-ring (bicyclic) bond motifs is 3. The van der Waals surface area contributed by atoms with Gasteiger partial charge in [0.25, 0.3) is 0 Å². The predicted molar refractivity (Wildman–Crippen MR) is 91.1 cm³/mol. The minimum absolute atomic E-state index is 0.472. The zero-order valence-electron chi connectivity index (χ0n) is 11.7. The summed E-state index contributed by atoms with van der Waals surface area (Å²) in [4.78, 5) is 4.48. The van der Waals surface area contributed by atoms with Crippen molar-refractivity contribution in [2.75, 3.05) is 0 Å². The van der Waals surface area contributed by atoms with Crippen LogP contribution in [0.25, 0.3) is 27.5 Å². The maximum absolute atomic E-state index is 6.38. The molecule has 0 unspecified atom stereocenters. The van der Waals surface area contributed by atoms with Crippen LogP contribution in [0.15, 0.2) is 48.5 Å². The molecule has 4 aromatic rings. The van der Waals surface area contributed by atoms with Crippen molar-refractivity contribution in [3.63, 3.8) is 0 Å². The van der Waals surface area contributed by atoms with Crippen LogP contribution in [0, 0.1) is 6.92 Å². The van der Waals surface area contributed by atoms with Gasteiger partial charge < -0.3 is 0 Å². The Labute approximate surface area is 137 Å². The number of hydrogen-bond donors (Lipinski definition) is 0. The van der Waals surface area contributed by atoms with Crippen molar-refractivity contribution in [3.8, 4) is 5.69 Å². The summed E-state index contributed by atoms with van der Waals surface area (Å²) in [5, 5.41) is 7.68. The quantitative estimate of drug-likeness (QED) is 0.450. The molecule has 3 nitrogen and oxygen atoms in total. The molecule has 0 radical (unpaired) electrons. The van der Waals surface area contributed by atoms with Crippen LogP contribution in [0.1, 0.15) is 5.69 Å². The van der Waals surface area contributed by atoms with Crippen LogP contribution in [-0.2, 0) is 0 Å². The van der Waals surface area contributed by atoms with Gasteiger partial charge in [-0.3, -0.25) is 0 Å². The molecule has 5 heteroatoms. The molecule has 0 saturated carbocycles. The minimum Gasteiger partial charge on any atom is -0.235 e. The Balaban J connectivity index is 2.20. The summed E-state index contributed by atoms with van der Waals surface area (Å²) in [5.74, 6) is 0. The summed E-state index contributed by atoms with van der Waals surface area (Å²) in [5.41, 5.74) is 3.55. The van der Waals surface area contributed by atoms with Crippen molar-refractivity contribution >= 4 is 45.0 Å². The second-order valence-electron chi connectivity index (χ2n) is 5.12. The van der Waals surface area contributed by atoms with E-state index in [0.717, 1.165) is 33.2 Å². The lowest BCUT2D eigenvalue weighted by Gasteiger charge is -2.07. The molecule has 2 heterocycles. The topological polar surface area (TPSA) is 30.7 Å². The van der Waals surface area contributed by atoms with Crippen molar-refractivity contribution < 1.29 is 0 Å². The summed E-state index contributed by atoms with van der Waals surface area (Å²) in [7, 11) is 0. The molecule has 0 aliphatic rings. The number of rotatable bonds is 1. The highest BCUT2D eigenvalue weighted by Gasteiger charge is 2.16. The molecule has 0 aliphatic carbocycles. The highest BCUT2D eigenvalue weighted by atomic mass is 35.5. The van der Waals surface area contributed by atoms with Crippen LogP contribution in [0.4, 0.5) is 0 Å². The Bertz CT molecular complexity index is 1020. The first kappa shape index (κ1) is 13.6. The van der Waals surface area contributed by atoms with Crippen molar-refractivity contribution in [1.29, 1.82) is 0 Å². The van der Waals surface area contributed by atoms with Crippen LogP contribution >= 0.6 is 23.2 Å². The molecule has 0 atom stereocenters. The Morgan fingerprint density at radius 1 is 1.00 bits per heavy atom. The van der Waals surface area contributed by atoms with E-state index in [1.54, 1.807) is 0 Å². The van der Waals surface area contributed by atoms with Gasteiger partial charge in [0.2, 0.25) is 0 Å². The molecule has 0 saturated heterocycles. The molecule has 0 aliphatic heterocycles. The fourth-order valence-corrected chi connectivity index (χ4v) is 3.25. The Hall–Kier alpha value is -2.10. The first-order valence-corrected chi connectivity index (χ1v) is 7.60. The van der Waals surface area contributed by atoms with Gasteiger partial charge in [-0.1, -0.05) is 47.5 Å². The van der Waals surface area contributed by atoms with E-state index in [1.807, 2.05) is 60.1 Å². The van der Waals surface area contributed by atoms with Crippen molar-refractivity contribution in [2.24, 2.45) is 0 Å². The largest absolute Gasteiger partial charge is 0.235 e. The lowest BCUT2D eigenvalue weighted by molar-refractivity contribution is 0.891. The molecule has 0 fully saturated rings. The maximum atomic E-state index is 6.38. The van der Waals surface area contributed by atoms with E-state index in [4.69, 9.17) is 23.2 Å². The van der Waals surface area contributed by atoms with Gasteiger partial charge in [-0.25, -0.2) is 9.67 Å². The van der Waals surface area contributed by atoms with Gasteiger partial charge in [0, 0.05) is 10.4 Å². The minimum atomic E-state index is 0.472. The van der Waals surface area contributed by atoms with Crippen molar-refractivity contribution in [2.45, 2.75) is 6.92 Å². The van der Waals surface area contributed by atoms with Crippen LogP contribution in [0.2, 0.25) is 10.2 Å². The van der Waals surface area contributed by atoms with Crippen LogP contribution in [-0.4, -0.2) is 14.8 Å². The van der Waals surface area contributed by atoms with Gasteiger partial charge in [0.1, 0.15) is 5.15 Å². The zero-order valence-corrected chi connectivity index (χ0v) is 13.2. The van der Waals surface area contributed by atoms with Crippen LogP contribution in [0.3, 0.4) is 0 Å². The number of hydrogen-bond acceptors (Lipinski definition) is 2. The van der Waals surface area contributed by atoms with Gasteiger partial charge in [-0.05, 0) is 31.2 Å². The highest BCUT2D eigenvalue weighted by molar-refractivity contribution is 6.36. The molecule has 2 aromatic heterocycles. The second kappa shape index (κ2) is 4.97. The Morgan fingerprint density at radius 3 is 2.64 bits per heavy atom. The summed E-state index contributed by atoms with van der Waals surface area (Å²) in [6.45, 7) is 1.94. The summed E-state index contributed by atoms with van der Waals surface area (Å²) < 4.78 is 1.88. The van der Waals surface area contributed by atoms with Gasteiger partial charge in [0.15, 0.2) is 0 Å². The monoisotopic (exact) mass is 327 g/mol. The zero-order chi connectivity index (χ0) is 15.3. The number of nitrogens with zero attached hydrogens (tertiary/aromatic N) is 3. The number of benzene rings is 2. The second-order valence-corrected chi connectivity index (χ2v) is 5.91. The Morgan fingerprint density at radius 2 is 1.82 bits per heavy atom. The van der Waals surface area contributed by atoms with E-state index in [9.17, 15) is 0 Å². The molecular formula is C17H11Cl2N3. The lowest BCUT2D eigenvalue weighted by Crippen LogP contribution is -1.97. The van der Waals surface area contributed by atoms with Crippen LogP contribution in [0.5, 0.6) is 0 Å².